The van der Waals surface area contributed by atoms with E-state index in [1.807, 2.05) is 20.8 Å². The van der Waals surface area contributed by atoms with Crippen molar-refractivity contribution >= 4 is 25.5 Å². The third kappa shape index (κ3) is 7.33. The minimum atomic E-state index is -3.55. The summed E-state index contributed by atoms with van der Waals surface area (Å²) in [4.78, 5) is 14.0. The zero-order valence-electron chi connectivity index (χ0n) is 17.1. The van der Waals surface area contributed by atoms with Crippen LogP contribution in [-0.2, 0) is 24.7 Å². The van der Waals surface area contributed by atoms with E-state index in [1.165, 1.54) is 26.4 Å². The normalized spacial score (nSPS) is 13.3. The average molecular weight is 439 g/mol. The van der Waals surface area contributed by atoms with Crippen LogP contribution >= 0.6 is 19.4 Å². The maximum atomic E-state index is 13.5. The fraction of sp³-hybridized carbons (Fsp3) is 0.611. The molecular formula is C18H29ClFN2O5P. The smallest absolute Gasteiger partial charge is 0.334 e. The topological polar surface area (TPSA) is 77.1 Å². The standard InChI is InChI=1S/C18H29ClFN2O5P/c1-13(10-18(2,3)12-27-28(24,25-5)26-6)22(4)17(23)21-11-14-8-7-9-15(20)16(14)19/h7-9,13H,10-12H2,1-6H3,(H,21,23). The van der Waals surface area contributed by atoms with Gasteiger partial charge in [-0.15, -0.1) is 0 Å². The molecule has 0 saturated heterocycles. The molecule has 0 bridgehead atoms. The SMILES string of the molecule is COP(=O)(OC)OCC(C)(C)CC(C)N(C)C(=O)NCc1cccc(F)c1Cl. The van der Waals surface area contributed by atoms with Crippen LogP contribution in [0.5, 0.6) is 0 Å². The van der Waals surface area contributed by atoms with E-state index < -0.39 is 19.1 Å². The Hall–Kier alpha value is -1.18. The van der Waals surface area contributed by atoms with E-state index in [2.05, 4.69) is 5.32 Å². The lowest BCUT2D eigenvalue weighted by atomic mass is 9.87. The lowest BCUT2D eigenvalue weighted by Crippen LogP contribution is -2.44. The number of phosphoric acid groups is 1. The van der Waals surface area contributed by atoms with Gasteiger partial charge in [-0.3, -0.25) is 13.6 Å². The number of hydrogen-bond donors (Lipinski definition) is 1. The molecular weight excluding hydrogens is 410 g/mol. The minimum absolute atomic E-state index is 0.00232. The summed E-state index contributed by atoms with van der Waals surface area (Å²) in [6.45, 7) is 5.99. The first-order chi connectivity index (χ1) is 12.9. The molecule has 2 amide bonds. The molecule has 1 atom stereocenters. The van der Waals surface area contributed by atoms with Crippen LogP contribution in [0.2, 0.25) is 5.02 Å². The highest BCUT2D eigenvalue weighted by atomic mass is 35.5. The van der Waals surface area contributed by atoms with Crippen LogP contribution in [0, 0.1) is 11.2 Å². The van der Waals surface area contributed by atoms with Crippen molar-refractivity contribution in [3.8, 4) is 0 Å². The number of amides is 2. The minimum Gasteiger partial charge on any atom is -0.334 e. The summed E-state index contributed by atoms with van der Waals surface area (Å²) in [7, 11) is 0.618. The molecule has 0 aliphatic heterocycles. The molecule has 1 aromatic rings. The number of nitrogens with one attached hydrogen (secondary N) is 1. The average Bonchev–Trinajstić information content (AvgIpc) is 2.66. The highest BCUT2D eigenvalue weighted by Crippen LogP contribution is 2.49. The maximum absolute atomic E-state index is 13.5. The van der Waals surface area contributed by atoms with Crippen LogP contribution in [0.25, 0.3) is 0 Å². The summed E-state index contributed by atoms with van der Waals surface area (Å²) >= 11 is 5.90. The fourth-order valence-corrected chi connectivity index (χ4v) is 3.67. The first kappa shape index (κ1) is 24.9. The Bertz CT molecular complexity index is 711. The molecule has 0 fully saturated rings. The summed E-state index contributed by atoms with van der Waals surface area (Å²) in [5, 5.41) is 2.73. The van der Waals surface area contributed by atoms with E-state index in [-0.39, 0.29) is 30.2 Å². The second kappa shape index (κ2) is 10.6. The molecule has 10 heteroatoms. The number of carbonyl (C=O) groups excluding carboxylic acids is 1. The number of urea groups is 1. The Balaban J connectivity index is 2.60. The van der Waals surface area contributed by atoms with Crippen molar-refractivity contribution in [2.45, 2.75) is 39.8 Å². The first-order valence-electron chi connectivity index (χ1n) is 8.74. The molecule has 1 aromatic carbocycles. The molecule has 0 spiro atoms. The van der Waals surface area contributed by atoms with Crippen LogP contribution in [0.4, 0.5) is 9.18 Å². The molecule has 1 unspecified atom stereocenters. The van der Waals surface area contributed by atoms with Gasteiger partial charge in [0.1, 0.15) is 5.82 Å². The van der Waals surface area contributed by atoms with Crippen molar-refractivity contribution in [3.63, 3.8) is 0 Å². The molecule has 0 heterocycles. The molecule has 0 saturated carbocycles. The quantitative estimate of drug-likeness (QED) is 0.529. The largest absolute Gasteiger partial charge is 0.474 e. The second-order valence-electron chi connectivity index (χ2n) is 7.29. The van der Waals surface area contributed by atoms with Gasteiger partial charge in [-0.05, 0) is 30.4 Å². The molecule has 0 aromatic heterocycles. The summed E-state index contributed by atoms with van der Waals surface area (Å²) in [5.41, 5.74) is 0.103. The summed E-state index contributed by atoms with van der Waals surface area (Å²) in [5.74, 6) is -0.527. The Kier molecular flexibility index (Phi) is 9.37. The fourth-order valence-electron chi connectivity index (χ4n) is 2.61. The van der Waals surface area contributed by atoms with Gasteiger partial charge in [-0.25, -0.2) is 13.8 Å². The van der Waals surface area contributed by atoms with Crippen LogP contribution in [-0.4, -0.2) is 44.8 Å². The Labute approximate surface area is 171 Å². The van der Waals surface area contributed by atoms with Crippen molar-refractivity contribution in [1.82, 2.24) is 10.2 Å². The third-order valence-electron chi connectivity index (χ3n) is 4.35. The molecule has 28 heavy (non-hydrogen) atoms. The molecule has 7 nitrogen and oxygen atoms in total. The second-order valence-corrected chi connectivity index (χ2v) is 9.55. The highest BCUT2D eigenvalue weighted by Gasteiger charge is 2.31. The van der Waals surface area contributed by atoms with Crippen LogP contribution < -0.4 is 5.32 Å². The van der Waals surface area contributed by atoms with Gasteiger partial charge >= 0.3 is 13.9 Å². The van der Waals surface area contributed by atoms with E-state index in [9.17, 15) is 13.8 Å². The molecule has 0 aliphatic carbocycles. The van der Waals surface area contributed by atoms with Crippen molar-refractivity contribution in [2.75, 3.05) is 27.9 Å². The van der Waals surface area contributed by atoms with E-state index in [4.69, 9.17) is 25.2 Å². The number of rotatable bonds is 10. The van der Waals surface area contributed by atoms with Gasteiger partial charge in [0.05, 0.1) is 11.6 Å². The first-order valence-corrected chi connectivity index (χ1v) is 10.6. The Morgan fingerprint density at radius 2 is 1.96 bits per heavy atom. The Morgan fingerprint density at radius 1 is 1.36 bits per heavy atom. The van der Waals surface area contributed by atoms with Gasteiger partial charge in [0.15, 0.2) is 0 Å². The molecule has 160 valence electrons. The predicted octanol–water partition coefficient (Wildman–Crippen LogP) is 4.84. The third-order valence-corrected chi connectivity index (χ3v) is 6.11. The number of hydrogen-bond acceptors (Lipinski definition) is 5. The lowest BCUT2D eigenvalue weighted by Gasteiger charge is -2.33. The van der Waals surface area contributed by atoms with Gasteiger partial charge in [0.2, 0.25) is 0 Å². The van der Waals surface area contributed by atoms with E-state index in [0.29, 0.717) is 12.0 Å². The molecule has 1 N–H and O–H groups in total. The van der Waals surface area contributed by atoms with E-state index in [0.717, 1.165) is 0 Å². The number of carbonyl (C=O) groups is 1. The number of nitrogens with zero attached hydrogens (tertiary/aromatic N) is 1. The van der Waals surface area contributed by atoms with Crippen LogP contribution in [0.1, 0.15) is 32.8 Å². The monoisotopic (exact) mass is 438 g/mol. The van der Waals surface area contributed by atoms with Crippen molar-refractivity contribution in [1.29, 1.82) is 0 Å². The Morgan fingerprint density at radius 3 is 2.54 bits per heavy atom. The van der Waals surface area contributed by atoms with Crippen molar-refractivity contribution in [2.24, 2.45) is 5.41 Å². The number of phosphoric ester groups is 1. The van der Waals surface area contributed by atoms with E-state index >= 15 is 0 Å². The van der Waals surface area contributed by atoms with Gasteiger partial charge in [0.25, 0.3) is 0 Å². The van der Waals surface area contributed by atoms with Crippen LogP contribution in [0.3, 0.4) is 0 Å². The van der Waals surface area contributed by atoms with Crippen molar-refractivity contribution in [3.05, 3.63) is 34.6 Å². The summed E-state index contributed by atoms with van der Waals surface area (Å²) < 4.78 is 40.3. The predicted molar refractivity (Wildman–Crippen MR) is 107 cm³/mol. The van der Waals surface area contributed by atoms with Gasteiger partial charge in [0, 0.05) is 33.9 Å². The number of benzene rings is 1. The zero-order chi connectivity index (χ0) is 21.5. The summed E-state index contributed by atoms with van der Waals surface area (Å²) in [6, 6.07) is 3.99. The van der Waals surface area contributed by atoms with Crippen molar-refractivity contribution < 1.29 is 27.3 Å². The molecule has 1 rings (SSSR count). The van der Waals surface area contributed by atoms with Gasteiger partial charge in [-0.1, -0.05) is 37.6 Å². The van der Waals surface area contributed by atoms with Crippen LogP contribution in [0.15, 0.2) is 18.2 Å². The zero-order valence-corrected chi connectivity index (χ0v) is 18.8. The highest BCUT2D eigenvalue weighted by molar-refractivity contribution is 7.48. The summed E-state index contributed by atoms with van der Waals surface area (Å²) in [6.07, 6.45) is 0.574. The van der Waals surface area contributed by atoms with Gasteiger partial charge < -0.3 is 10.2 Å². The van der Waals surface area contributed by atoms with Gasteiger partial charge in [-0.2, -0.15) is 0 Å². The molecule has 0 aliphatic rings. The molecule has 0 radical (unpaired) electrons. The maximum Gasteiger partial charge on any atom is 0.474 e. The number of halogens is 2. The lowest BCUT2D eigenvalue weighted by molar-refractivity contribution is 0.0861. The van der Waals surface area contributed by atoms with E-state index in [1.54, 1.807) is 18.0 Å².